The molecular weight excluding hydrogens is 264 g/mol. The van der Waals surface area contributed by atoms with Gasteiger partial charge in [-0.05, 0) is 24.3 Å². The fourth-order valence-corrected chi connectivity index (χ4v) is 2.66. The van der Waals surface area contributed by atoms with Crippen LogP contribution in [0.1, 0.15) is 20.7 Å². The number of amides is 2. The minimum absolute atomic E-state index is 0.195. The van der Waals surface area contributed by atoms with Crippen LogP contribution in [0.2, 0.25) is 0 Å². The van der Waals surface area contributed by atoms with Gasteiger partial charge in [0, 0.05) is 0 Å². The van der Waals surface area contributed by atoms with E-state index in [1.807, 2.05) is 12.2 Å². The minimum Gasteiger partial charge on any atom is -0.318 e. The van der Waals surface area contributed by atoms with Crippen LogP contribution in [0.3, 0.4) is 0 Å². The lowest BCUT2D eigenvalue weighted by Gasteiger charge is -2.33. The summed E-state index contributed by atoms with van der Waals surface area (Å²) in [6.07, 6.45) is 3.71. The molecule has 0 spiro atoms. The molecule has 4 nitrogen and oxygen atoms in total. The fourth-order valence-electron chi connectivity index (χ4n) is 2.66. The van der Waals surface area contributed by atoms with E-state index in [0.717, 1.165) is 13.1 Å². The number of carbonyl (C=O) groups is 2. The summed E-state index contributed by atoms with van der Waals surface area (Å²) in [5.41, 5.74) is 1.01. The molecule has 0 fully saturated rings. The third kappa shape index (κ3) is 2.95. The highest BCUT2D eigenvalue weighted by Gasteiger charge is 2.36. The van der Waals surface area contributed by atoms with Crippen molar-refractivity contribution in [2.75, 3.05) is 33.2 Å². The molecule has 2 rings (SSSR count). The number of hydrogen-bond acceptors (Lipinski definition) is 2. The molecule has 2 amide bonds. The zero-order chi connectivity index (χ0) is 15.5. The first kappa shape index (κ1) is 15.2. The molecule has 21 heavy (non-hydrogen) atoms. The summed E-state index contributed by atoms with van der Waals surface area (Å²) in [7, 11) is 2.07. The number of carbonyl (C=O) groups excluding carboxylic acids is 2. The number of imide groups is 1. The second-order valence-corrected chi connectivity index (χ2v) is 5.59. The molecule has 4 heteroatoms. The van der Waals surface area contributed by atoms with Crippen LogP contribution in [0.25, 0.3) is 0 Å². The molecule has 1 aromatic carbocycles. The average molecular weight is 285 g/mol. The summed E-state index contributed by atoms with van der Waals surface area (Å²) in [4.78, 5) is 25.9. The van der Waals surface area contributed by atoms with E-state index < -0.39 is 0 Å². The SMILES string of the molecule is C=CC[N+](C)(CC=C)CCN1C(=O)c2ccccc2C1=O. The Balaban J connectivity index is 2.11. The molecule has 0 aromatic heterocycles. The van der Waals surface area contributed by atoms with Crippen molar-refractivity contribution >= 4 is 11.8 Å². The summed E-state index contributed by atoms with van der Waals surface area (Å²) in [6, 6.07) is 6.97. The smallest absolute Gasteiger partial charge is 0.261 e. The molecule has 0 unspecified atom stereocenters. The predicted molar refractivity (Wildman–Crippen MR) is 83.0 cm³/mol. The number of quaternary nitrogens is 1. The summed E-state index contributed by atoms with van der Waals surface area (Å²) in [5.74, 6) is -0.390. The van der Waals surface area contributed by atoms with E-state index in [2.05, 4.69) is 20.2 Å². The largest absolute Gasteiger partial charge is 0.318 e. The molecule has 1 heterocycles. The van der Waals surface area contributed by atoms with Crippen LogP contribution in [0.15, 0.2) is 49.6 Å². The van der Waals surface area contributed by atoms with Gasteiger partial charge in [-0.1, -0.05) is 25.3 Å². The van der Waals surface area contributed by atoms with E-state index in [9.17, 15) is 9.59 Å². The Morgan fingerprint density at radius 3 is 1.95 bits per heavy atom. The van der Waals surface area contributed by atoms with Crippen molar-refractivity contribution in [1.29, 1.82) is 0 Å². The van der Waals surface area contributed by atoms with E-state index in [1.165, 1.54) is 4.90 Å². The molecule has 110 valence electrons. The Hall–Kier alpha value is -2.20. The maximum absolute atomic E-state index is 12.3. The van der Waals surface area contributed by atoms with Gasteiger partial charge in [0.2, 0.25) is 0 Å². The molecule has 0 aliphatic carbocycles. The highest BCUT2D eigenvalue weighted by Crippen LogP contribution is 2.22. The predicted octanol–water partition coefficient (Wildman–Crippen LogP) is 2.10. The van der Waals surface area contributed by atoms with Gasteiger partial charge >= 0.3 is 0 Å². The van der Waals surface area contributed by atoms with Crippen molar-refractivity contribution in [1.82, 2.24) is 4.90 Å². The summed E-state index contributed by atoms with van der Waals surface area (Å²) in [6.45, 7) is 10.2. The third-order valence-corrected chi connectivity index (χ3v) is 3.88. The number of hydrogen-bond donors (Lipinski definition) is 0. The molecule has 0 radical (unpaired) electrons. The molecule has 0 saturated heterocycles. The van der Waals surface area contributed by atoms with Crippen LogP contribution in [-0.2, 0) is 0 Å². The molecule has 0 atom stereocenters. The molecular formula is C17H21N2O2+. The molecule has 1 aliphatic rings. The van der Waals surface area contributed by atoms with Crippen LogP contribution < -0.4 is 0 Å². The first-order valence-corrected chi connectivity index (χ1v) is 7.03. The van der Waals surface area contributed by atoms with Crippen molar-refractivity contribution in [2.24, 2.45) is 0 Å². The number of fused-ring (bicyclic) bond motifs is 1. The van der Waals surface area contributed by atoms with E-state index in [1.54, 1.807) is 24.3 Å². The van der Waals surface area contributed by atoms with Crippen LogP contribution in [-0.4, -0.2) is 54.4 Å². The minimum atomic E-state index is -0.195. The number of rotatable bonds is 7. The van der Waals surface area contributed by atoms with E-state index in [0.29, 0.717) is 28.7 Å². The van der Waals surface area contributed by atoms with Gasteiger partial charge in [0.1, 0.15) is 0 Å². The second-order valence-electron chi connectivity index (χ2n) is 5.59. The normalized spacial score (nSPS) is 14.2. The Bertz CT molecular complexity index is 547. The summed E-state index contributed by atoms with van der Waals surface area (Å²) < 4.78 is 0.681. The van der Waals surface area contributed by atoms with Gasteiger partial charge in [-0.15, -0.1) is 0 Å². The van der Waals surface area contributed by atoms with Gasteiger partial charge < -0.3 is 4.48 Å². The molecule has 1 aliphatic heterocycles. The van der Waals surface area contributed by atoms with E-state index in [4.69, 9.17) is 0 Å². The first-order chi connectivity index (χ1) is 10.0. The number of nitrogens with zero attached hydrogens (tertiary/aromatic N) is 2. The third-order valence-electron chi connectivity index (χ3n) is 3.88. The van der Waals surface area contributed by atoms with Gasteiger partial charge in [-0.3, -0.25) is 14.5 Å². The van der Waals surface area contributed by atoms with E-state index >= 15 is 0 Å². The van der Waals surface area contributed by atoms with Crippen molar-refractivity contribution in [3.8, 4) is 0 Å². The highest BCUT2D eigenvalue weighted by atomic mass is 16.2. The Morgan fingerprint density at radius 1 is 1.05 bits per heavy atom. The quantitative estimate of drug-likeness (QED) is 0.437. The van der Waals surface area contributed by atoms with Crippen LogP contribution in [0.4, 0.5) is 0 Å². The fraction of sp³-hybridized carbons (Fsp3) is 0.294. The van der Waals surface area contributed by atoms with Gasteiger partial charge in [0.05, 0.1) is 44.4 Å². The molecule has 0 bridgehead atoms. The maximum Gasteiger partial charge on any atom is 0.261 e. The van der Waals surface area contributed by atoms with Gasteiger partial charge in [0.25, 0.3) is 11.8 Å². The summed E-state index contributed by atoms with van der Waals surface area (Å²) in [5, 5.41) is 0. The van der Waals surface area contributed by atoms with Crippen molar-refractivity contribution < 1.29 is 14.1 Å². The van der Waals surface area contributed by atoms with Gasteiger partial charge in [0.15, 0.2) is 0 Å². The lowest BCUT2D eigenvalue weighted by Crippen LogP contribution is -2.49. The molecule has 1 aromatic rings. The van der Waals surface area contributed by atoms with Crippen molar-refractivity contribution in [3.63, 3.8) is 0 Å². The Kier molecular flexibility index (Phi) is 4.38. The van der Waals surface area contributed by atoms with Crippen LogP contribution in [0.5, 0.6) is 0 Å². The van der Waals surface area contributed by atoms with E-state index in [-0.39, 0.29) is 11.8 Å². The maximum atomic E-state index is 12.3. The van der Waals surface area contributed by atoms with Crippen molar-refractivity contribution in [3.05, 3.63) is 60.7 Å². The average Bonchev–Trinajstić information content (AvgIpc) is 2.70. The van der Waals surface area contributed by atoms with Gasteiger partial charge in [-0.25, -0.2) is 0 Å². The van der Waals surface area contributed by atoms with Gasteiger partial charge in [-0.2, -0.15) is 0 Å². The monoisotopic (exact) mass is 285 g/mol. The zero-order valence-electron chi connectivity index (χ0n) is 12.4. The Labute approximate surface area is 125 Å². The first-order valence-electron chi connectivity index (χ1n) is 7.03. The molecule has 0 saturated carbocycles. The highest BCUT2D eigenvalue weighted by molar-refractivity contribution is 6.21. The lowest BCUT2D eigenvalue weighted by atomic mass is 10.1. The molecule has 0 N–H and O–H groups in total. The summed E-state index contributed by atoms with van der Waals surface area (Å²) >= 11 is 0. The topological polar surface area (TPSA) is 37.4 Å². The number of likely N-dealkylation sites (N-methyl/N-ethyl adjacent to an activating group) is 1. The van der Waals surface area contributed by atoms with Crippen molar-refractivity contribution in [2.45, 2.75) is 0 Å². The Morgan fingerprint density at radius 2 is 1.52 bits per heavy atom. The second kappa shape index (κ2) is 6.06. The lowest BCUT2D eigenvalue weighted by molar-refractivity contribution is -0.897. The van der Waals surface area contributed by atoms with Crippen LogP contribution in [0, 0.1) is 0 Å². The number of benzene rings is 1. The zero-order valence-corrected chi connectivity index (χ0v) is 12.4. The standard InChI is InChI=1S/C17H21N2O2/c1-4-11-19(3,12-5-2)13-10-18-16(20)14-8-6-7-9-15(14)17(18)21/h4-9H,1-2,10-13H2,3H3/q+1. The van der Waals surface area contributed by atoms with Crippen LogP contribution >= 0.6 is 0 Å².